The van der Waals surface area contributed by atoms with Gasteiger partial charge in [-0.05, 0) is 31.1 Å². The number of nitrogens with zero attached hydrogens (tertiary/aromatic N) is 2. The smallest absolute Gasteiger partial charge is 0.123 e. The fourth-order valence-electron chi connectivity index (χ4n) is 2.05. The van der Waals surface area contributed by atoms with Gasteiger partial charge in [0.2, 0.25) is 0 Å². The van der Waals surface area contributed by atoms with Crippen LogP contribution in [0, 0.1) is 11.3 Å². The summed E-state index contributed by atoms with van der Waals surface area (Å²) < 4.78 is 5.41. The summed E-state index contributed by atoms with van der Waals surface area (Å²) in [4.78, 5) is 2.02. The lowest BCUT2D eigenvalue weighted by atomic mass is 9.84. The van der Waals surface area contributed by atoms with E-state index in [9.17, 15) is 5.26 Å². The van der Waals surface area contributed by atoms with Crippen LogP contribution in [0.15, 0.2) is 18.2 Å². The molecule has 0 spiro atoms. The van der Waals surface area contributed by atoms with Crippen molar-refractivity contribution >= 4 is 0 Å². The Morgan fingerprint density at radius 2 is 1.95 bits per heavy atom. The fourth-order valence-corrected chi connectivity index (χ4v) is 2.05. The van der Waals surface area contributed by atoms with Crippen LogP contribution < -0.4 is 4.74 Å². The average molecular weight is 260 g/mol. The molecule has 0 bridgehead atoms. The normalized spacial score (nSPS) is 13.2. The standard InChI is InChI=1S/C16H24N2O/c1-16(2,3)13-7-8-15(19-6)14(9-13)12(10-17)11-18(4)5/h7-9,12H,11H2,1-6H3. The molecule has 0 saturated heterocycles. The van der Waals surface area contributed by atoms with Crippen molar-refractivity contribution in [1.29, 1.82) is 5.26 Å². The first-order valence-corrected chi connectivity index (χ1v) is 6.52. The molecule has 3 nitrogen and oxygen atoms in total. The molecule has 0 saturated carbocycles. The van der Waals surface area contributed by atoms with E-state index in [-0.39, 0.29) is 11.3 Å². The minimum atomic E-state index is -0.174. The average Bonchev–Trinajstić information content (AvgIpc) is 2.33. The SMILES string of the molecule is COc1ccc(C(C)(C)C)cc1C(C#N)CN(C)C. The minimum Gasteiger partial charge on any atom is -0.496 e. The Morgan fingerprint density at radius 1 is 1.32 bits per heavy atom. The molecular weight excluding hydrogens is 236 g/mol. The maximum atomic E-state index is 9.41. The largest absolute Gasteiger partial charge is 0.496 e. The van der Waals surface area contributed by atoms with Crippen molar-refractivity contribution in [2.24, 2.45) is 0 Å². The summed E-state index contributed by atoms with van der Waals surface area (Å²) in [6, 6.07) is 8.53. The van der Waals surface area contributed by atoms with E-state index < -0.39 is 0 Å². The van der Waals surface area contributed by atoms with Crippen molar-refractivity contribution in [1.82, 2.24) is 4.90 Å². The number of hydrogen-bond acceptors (Lipinski definition) is 3. The van der Waals surface area contributed by atoms with Crippen molar-refractivity contribution in [3.63, 3.8) is 0 Å². The Bertz CT molecular complexity index is 467. The van der Waals surface area contributed by atoms with Crippen molar-refractivity contribution in [3.8, 4) is 11.8 Å². The second-order valence-electron chi connectivity index (χ2n) is 6.15. The molecule has 0 amide bonds. The van der Waals surface area contributed by atoms with Crippen LogP contribution in [0.4, 0.5) is 0 Å². The molecule has 1 rings (SSSR count). The number of nitriles is 1. The lowest BCUT2D eigenvalue weighted by molar-refractivity contribution is 0.380. The second kappa shape index (κ2) is 6.08. The topological polar surface area (TPSA) is 36.3 Å². The lowest BCUT2D eigenvalue weighted by Crippen LogP contribution is -2.20. The van der Waals surface area contributed by atoms with Gasteiger partial charge in [0.25, 0.3) is 0 Å². The van der Waals surface area contributed by atoms with Gasteiger partial charge < -0.3 is 9.64 Å². The first-order chi connectivity index (χ1) is 8.79. The summed E-state index contributed by atoms with van der Waals surface area (Å²) in [5.74, 6) is 0.619. The third kappa shape index (κ3) is 3.97. The van der Waals surface area contributed by atoms with E-state index >= 15 is 0 Å². The predicted molar refractivity (Wildman–Crippen MR) is 78.6 cm³/mol. The number of likely N-dealkylation sites (N-methyl/N-ethyl adjacent to an activating group) is 1. The fraction of sp³-hybridized carbons (Fsp3) is 0.562. The molecule has 1 atom stereocenters. The van der Waals surface area contributed by atoms with Crippen LogP contribution in [0.5, 0.6) is 5.75 Å². The summed E-state index contributed by atoms with van der Waals surface area (Å²) in [7, 11) is 5.61. The van der Waals surface area contributed by atoms with Crippen LogP contribution in [0.2, 0.25) is 0 Å². The maximum Gasteiger partial charge on any atom is 0.123 e. The van der Waals surface area contributed by atoms with E-state index in [1.807, 2.05) is 25.1 Å². The maximum absolute atomic E-state index is 9.41. The van der Waals surface area contributed by atoms with Crippen molar-refractivity contribution in [2.75, 3.05) is 27.7 Å². The highest BCUT2D eigenvalue weighted by atomic mass is 16.5. The molecule has 1 unspecified atom stereocenters. The summed E-state index contributed by atoms with van der Waals surface area (Å²) in [5, 5.41) is 9.41. The van der Waals surface area contributed by atoms with Crippen molar-refractivity contribution < 1.29 is 4.74 Å². The summed E-state index contributed by atoms with van der Waals surface area (Å²) >= 11 is 0. The molecule has 0 aliphatic heterocycles. The van der Waals surface area contributed by atoms with Crippen LogP contribution in [-0.4, -0.2) is 32.6 Å². The van der Waals surface area contributed by atoms with Crippen LogP contribution in [0.25, 0.3) is 0 Å². The summed E-state index contributed by atoms with van der Waals surface area (Å²) in [5.41, 5.74) is 2.27. The van der Waals surface area contributed by atoms with Crippen LogP contribution >= 0.6 is 0 Å². The number of benzene rings is 1. The first-order valence-electron chi connectivity index (χ1n) is 6.52. The molecule has 0 heterocycles. The van der Waals surface area contributed by atoms with Gasteiger partial charge in [0.15, 0.2) is 0 Å². The van der Waals surface area contributed by atoms with E-state index in [1.165, 1.54) is 5.56 Å². The van der Waals surface area contributed by atoms with Crippen molar-refractivity contribution in [3.05, 3.63) is 29.3 Å². The zero-order valence-corrected chi connectivity index (χ0v) is 12.8. The Balaban J connectivity index is 3.26. The first kappa shape index (κ1) is 15.5. The molecule has 19 heavy (non-hydrogen) atoms. The molecule has 0 aromatic heterocycles. The third-order valence-electron chi connectivity index (χ3n) is 3.17. The molecule has 0 N–H and O–H groups in total. The third-order valence-corrected chi connectivity index (χ3v) is 3.17. The van der Waals surface area contributed by atoms with Crippen LogP contribution in [0.3, 0.4) is 0 Å². The van der Waals surface area contributed by atoms with Gasteiger partial charge in [-0.2, -0.15) is 5.26 Å². The predicted octanol–water partition coefficient (Wildman–Crippen LogP) is 3.16. The van der Waals surface area contributed by atoms with Gasteiger partial charge in [-0.15, -0.1) is 0 Å². The minimum absolute atomic E-state index is 0.0686. The molecule has 104 valence electrons. The van der Waals surface area contributed by atoms with Gasteiger partial charge >= 0.3 is 0 Å². The summed E-state index contributed by atoms with van der Waals surface area (Å²) in [6.45, 7) is 7.21. The van der Waals surface area contributed by atoms with Crippen molar-refractivity contribution in [2.45, 2.75) is 32.1 Å². The summed E-state index contributed by atoms with van der Waals surface area (Å²) in [6.07, 6.45) is 0. The highest BCUT2D eigenvalue weighted by molar-refractivity contribution is 5.44. The van der Waals surface area contributed by atoms with Gasteiger partial charge in [0.05, 0.1) is 19.1 Å². The second-order valence-corrected chi connectivity index (χ2v) is 6.15. The molecule has 0 fully saturated rings. The number of methoxy groups -OCH3 is 1. The number of ether oxygens (including phenoxy) is 1. The molecule has 0 aliphatic rings. The van der Waals surface area contributed by atoms with E-state index in [0.717, 1.165) is 11.3 Å². The Hall–Kier alpha value is -1.53. The van der Waals surface area contributed by atoms with Gasteiger partial charge in [-0.25, -0.2) is 0 Å². The molecular formula is C16H24N2O. The Morgan fingerprint density at radius 3 is 2.37 bits per heavy atom. The van der Waals surface area contributed by atoms with E-state index in [0.29, 0.717) is 6.54 Å². The van der Waals surface area contributed by atoms with E-state index in [4.69, 9.17) is 4.74 Å². The van der Waals surface area contributed by atoms with Crippen LogP contribution in [-0.2, 0) is 5.41 Å². The lowest BCUT2D eigenvalue weighted by Gasteiger charge is -2.23. The number of rotatable bonds is 4. The zero-order chi connectivity index (χ0) is 14.6. The van der Waals surface area contributed by atoms with E-state index in [1.54, 1.807) is 7.11 Å². The Kier molecular flexibility index (Phi) is 4.97. The molecule has 1 aromatic rings. The molecule has 0 aliphatic carbocycles. The van der Waals surface area contributed by atoms with Gasteiger partial charge in [-0.1, -0.05) is 32.9 Å². The molecule has 3 heteroatoms. The highest BCUT2D eigenvalue weighted by Crippen LogP contribution is 2.32. The van der Waals surface area contributed by atoms with Gasteiger partial charge in [-0.3, -0.25) is 0 Å². The van der Waals surface area contributed by atoms with Gasteiger partial charge in [0, 0.05) is 12.1 Å². The molecule has 0 radical (unpaired) electrons. The van der Waals surface area contributed by atoms with Crippen LogP contribution in [0.1, 0.15) is 37.8 Å². The number of hydrogen-bond donors (Lipinski definition) is 0. The quantitative estimate of drug-likeness (QED) is 0.834. The van der Waals surface area contributed by atoms with Gasteiger partial charge in [0.1, 0.15) is 5.75 Å². The van der Waals surface area contributed by atoms with E-state index in [2.05, 4.69) is 39.0 Å². The molecule has 1 aromatic carbocycles. The highest BCUT2D eigenvalue weighted by Gasteiger charge is 2.21. The zero-order valence-electron chi connectivity index (χ0n) is 12.8. The monoisotopic (exact) mass is 260 g/mol. The Labute approximate surface area is 116 Å².